The van der Waals surface area contributed by atoms with Crippen LogP contribution in [0.1, 0.15) is 37.9 Å². The summed E-state index contributed by atoms with van der Waals surface area (Å²) < 4.78 is 35.4. The van der Waals surface area contributed by atoms with E-state index < -0.39 is 15.6 Å². The van der Waals surface area contributed by atoms with Gasteiger partial charge in [-0.05, 0) is 20.3 Å². The molecule has 9 nitrogen and oxygen atoms in total. The Morgan fingerprint density at radius 1 is 1.39 bits per heavy atom. The smallest absolute Gasteiger partial charge is 0.281 e. The zero-order valence-corrected chi connectivity index (χ0v) is 18.1. The highest BCUT2D eigenvalue weighted by Crippen LogP contribution is 2.50. The molecule has 2 atom stereocenters. The second-order valence-electron chi connectivity index (χ2n) is 8.17. The Kier molecular flexibility index (Phi) is 5.86. The molecule has 1 amide bonds. The molecule has 10 heteroatoms. The number of imidazole rings is 1. The first kappa shape index (κ1) is 21.2. The summed E-state index contributed by atoms with van der Waals surface area (Å²) in [6.45, 7) is 6.17. The molecule has 3 rings (SSSR count). The van der Waals surface area contributed by atoms with Gasteiger partial charge in [0.1, 0.15) is 0 Å². The van der Waals surface area contributed by atoms with Gasteiger partial charge < -0.3 is 14.2 Å². The van der Waals surface area contributed by atoms with Gasteiger partial charge in [0, 0.05) is 65.5 Å². The summed E-state index contributed by atoms with van der Waals surface area (Å²) in [4.78, 5) is 19.8. The van der Waals surface area contributed by atoms with Gasteiger partial charge in [-0.2, -0.15) is 17.0 Å². The minimum absolute atomic E-state index is 0.00473. The average Bonchev–Trinajstić information content (AvgIpc) is 3.33. The predicted molar refractivity (Wildman–Crippen MR) is 105 cm³/mol. The van der Waals surface area contributed by atoms with Crippen LogP contribution in [0.15, 0.2) is 12.5 Å². The minimum Gasteiger partial charge on any atom is -0.383 e. The van der Waals surface area contributed by atoms with E-state index in [-0.39, 0.29) is 31.0 Å². The van der Waals surface area contributed by atoms with E-state index in [0.29, 0.717) is 26.1 Å². The van der Waals surface area contributed by atoms with Crippen LogP contribution in [0, 0.1) is 5.41 Å². The Hall–Kier alpha value is -1.49. The van der Waals surface area contributed by atoms with Crippen LogP contribution in [-0.2, 0) is 19.7 Å². The number of carbonyl (C=O) groups is 1. The van der Waals surface area contributed by atoms with Crippen LogP contribution in [0.4, 0.5) is 0 Å². The zero-order chi connectivity index (χ0) is 20.7. The highest BCUT2D eigenvalue weighted by Gasteiger charge is 2.59. The Morgan fingerprint density at radius 2 is 2.11 bits per heavy atom. The van der Waals surface area contributed by atoms with Crippen LogP contribution >= 0.6 is 0 Å². The summed E-state index contributed by atoms with van der Waals surface area (Å²) >= 11 is 0. The third-order valence-corrected chi connectivity index (χ3v) is 7.83. The highest BCUT2D eigenvalue weighted by atomic mass is 32.2. The molecule has 3 heterocycles. The minimum atomic E-state index is -3.61. The largest absolute Gasteiger partial charge is 0.383 e. The summed E-state index contributed by atoms with van der Waals surface area (Å²) in [5.74, 6) is -0.257. The number of likely N-dealkylation sites (tertiary alicyclic amines) is 1. The molecule has 28 heavy (non-hydrogen) atoms. The normalized spacial score (nSPS) is 26.5. The molecule has 0 radical (unpaired) electrons. The average molecular weight is 414 g/mol. The number of hydrogen-bond donors (Lipinski definition) is 0. The van der Waals surface area contributed by atoms with Gasteiger partial charge in [-0.1, -0.05) is 0 Å². The Bertz CT molecular complexity index is 822. The van der Waals surface area contributed by atoms with Gasteiger partial charge in [0.25, 0.3) is 10.2 Å². The Labute approximate surface area is 167 Å². The summed E-state index contributed by atoms with van der Waals surface area (Å²) in [6, 6.07) is 0.248. The number of methoxy groups -OCH3 is 1. The first-order valence-electron chi connectivity index (χ1n) is 9.62. The molecule has 0 bridgehead atoms. The van der Waals surface area contributed by atoms with E-state index >= 15 is 0 Å². The van der Waals surface area contributed by atoms with E-state index in [9.17, 15) is 13.2 Å². The van der Waals surface area contributed by atoms with E-state index in [1.54, 1.807) is 18.3 Å². The maximum Gasteiger partial charge on any atom is 0.281 e. The lowest BCUT2D eigenvalue weighted by Crippen LogP contribution is -2.43. The molecule has 1 spiro atoms. The summed E-state index contributed by atoms with van der Waals surface area (Å²) in [5, 5.41) is 0. The monoisotopic (exact) mass is 413 g/mol. The van der Waals surface area contributed by atoms with Gasteiger partial charge in [-0.3, -0.25) is 4.79 Å². The molecular formula is C18H31N5O4S. The van der Waals surface area contributed by atoms with Crippen molar-refractivity contribution in [2.45, 2.75) is 32.2 Å². The molecule has 0 aliphatic carbocycles. The Balaban J connectivity index is 1.98. The number of aromatic nitrogens is 2. The summed E-state index contributed by atoms with van der Waals surface area (Å²) in [7, 11) is 1.03. The Morgan fingerprint density at radius 3 is 2.68 bits per heavy atom. The van der Waals surface area contributed by atoms with Crippen LogP contribution in [0.5, 0.6) is 0 Å². The topological polar surface area (TPSA) is 88.0 Å². The van der Waals surface area contributed by atoms with Crippen molar-refractivity contribution in [3.63, 3.8) is 0 Å². The number of ether oxygens (including phenoxy) is 1. The standard InChI is InChI=1S/C18H31N5O4S/c1-14(2)22-11-16(19-13-22)15-10-23(28(25,26)20(3)4)12-18(15)6-7-21(17(18)24)8-9-27-5/h11,13-15H,6-10,12H2,1-5H3/t15-,18+/m1/s1. The number of amides is 1. The third kappa shape index (κ3) is 3.47. The second-order valence-corrected chi connectivity index (χ2v) is 10.3. The van der Waals surface area contributed by atoms with Crippen molar-refractivity contribution < 1.29 is 17.9 Å². The lowest BCUT2D eigenvalue weighted by atomic mass is 9.75. The fraction of sp³-hybridized carbons (Fsp3) is 0.778. The van der Waals surface area contributed by atoms with Crippen LogP contribution in [0.2, 0.25) is 0 Å². The van der Waals surface area contributed by atoms with Gasteiger partial charge in [0.2, 0.25) is 5.91 Å². The van der Waals surface area contributed by atoms with Gasteiger partial charge in [0.05, 0.1) is 24.0 Å². The van der Waals surface area contributed by atoms with Crippen LogP contribution < -0.4 is 0 Å². The fourth-order valence-corrected chi connectivity index (χ4v) is 5.40. The SMILES string of the molecule is COCCN1CC[C@@]2(CN(S(=O)(=O)N(C)C)C[C@@H]2c2cn(C(C)C)cn2)C1=O. The molecular weight excluding hydrogens is 382 g/mol. The van der Waals surface area contributed by atoms with Crippen molar-refractivity contribution in [1.29, 1.82) is 0 Å². The van der Waals surface area contributed by atoms with Crippen molar-refractivity contribution in [3.8, 4) is 0 Å². The van der Waals surface area contributed by atoms with Crippen LogP contribution in [0.3, 0.4) is 0 Å². The molecule has 2 aliphatic heterocycles. The van der Waals surface area contributed by atoms with E-state index in [4.69, 9.17) is 4.74 Å². The second kappa shape index (κ2) is 7.74. The maximum absolute atomic E-state index is 13.4. The summed E-state index contributed by atoms with van der Waals surface area (Å²) in [5.41, 5.74) is 0.0135. The van der Waals surface area contributed by atoms with E-state index in [2.05, 4.69) is 18.8 Å². The molecule has 2 aliphatic rings. The van der Waals surface area contributed by atoms with E-state index in [0.717, 1.165) is 5.69 Å². The quantitative estimate of drug-likeness (QED) is 0.651. The van der Waals surface area contributed by atoms with Gasteiger partial charge in [-0.25, -0.2) is 4.98 Å². The van der Waals surface area contributed by atoms with Crippen molar-refractivity contribution in [2.75, 3.05) is 54.0 Å². The molecule has 2 fully saturated rings. The molecule has 0 N–H and O–H groups in total. The van der Waals surface area contributed by atoms with Crippen molar-refractivity contribution >= 4 is 16.1 Å². The molecule has 1 aromatic rings. The first-order chi connectivity index (χ1) is 13.1. The van der Waals surface area contributed by atoms with Crippen molar-refractivity contribution in [1.82, 2.24) is 23.1 Å². The number of hydrogen-bond acceptors (Lipinski definition) is 5. The molecule has 0 aromatic carbocycles. The fourth-order valence-electron chi connectivity index (χ4n) is 4.21. The van der Waals surface area contributed by atoms with Crippen molar-refractivity contribution in [3.05, 3.63) is 18.2 Å². The lowest BCUT2D eigenvalue weighted by molar-refractivity contribution is -0.136. The van der Waals surface area contributed by atoms with Crippen molar-refractivity contribution in [2.24, 2.45) is 5.41 Å². The molecule has 158 valence electrons. The van der Waals surface area contributed by atoms with Crippen LogP contribution in [-0.4, -0.2) is 91.4 Å². The van der Waals surface area contributed by atoms with E-state index in [1.807, 2.05) is 10.8 Å². The van der Waals surface area contributed by atoms with Gasteiger partial charge in [0.15, 0.2) is 0 Å². The zero-order valence-electron chi connectivity index (χ0n) is 17.3. The lowest BCUT2D eigenvalue weighted by Gasteiger charge is -2.28. The summed E-state index contributed by atoms with van der Waals surface area (Å²) in [6.07, 6.45) is 4.33. The molecule has 0 saturated carbocycles. The number of carbonyl (C=O) groups excluding carboxylic acids is 1. The van der Waals surface area contributed by atoms with E-state index in [1.165, 1.54) is 22.7 Å². The maximum atomic E-state index is 13.4. The molecule has 1 aromatic heterocycles. The number of rotatable bonds is 7. The predicted octanol–water partition coefficient (Wildman–Crippen LogP) is 0.535. The third-order valence-electron chi connectivity index (χ3n) is 5.98. The highest BCUT2D eigenvalue weighted by molar-refractivity contribution is 7.86. The van der Waals surface area contributed by atoms with Gasteiger partial charge in [-0.15, -0.1) is 0 Å². The molecule has 0 unspecified atom stereocenters. The van der Waals surface area contributed by atoms with Crippen LogP contribution in [0.25, 0.3) is 0 Å². The number of nitrogens with zero attached hydrogens (tertiary/aromatic N) is 5. The first-order valence-corrected chi connectivity index (χ1v) is 11.0. The van der Waals surface area contributed by atoms with Gasteiger partial charge >= 0.3 is 0 Å². The molecule has 2 saturated heterocycles.